The minimum Gasteiger partial charge on any atom is -0.397 e. The number of aromatic nitrogens is 1. The van der Waals surface area contributed by atoms with Crippen LogP contribution < -0.4 is 5.73 Å². The fourth-order valence-corrected chi connectivity index (χ4v) is 1.91. The molecule has 5 heteroatoms. The first-order valence-corrected chi connectivity index (χ1v) is 5.35. The monoisotopic (exact) mass is 221 g/mol. The largest absolute Gasteiger partial charge is 0.397 e. The number of nitrogens with two attached hydrogens (primary N) is 1. The van der Waals surface area contributed by atoms with E-state index in [1.54, 1.807) is 17.2 Å². The molecule has 2 rings (SSSR count). The van der Waals surface area contributed by atoms with Crippen LogP contribution in [0.4, 0.5) is 5.69 Å². The molecule has 1 aliphatic rings. The highest BCUT2D eigenvalue weighted by molar-refractivity contribution is 5.98. The normalized spacial score (nSPS) is 20.8. The van der Waals surface area contributed by atoms with Crippen LogP contribution in [-0.4, -0.2) is 40.1 Å². The fourth-order valence-electron chi connectivity index (χ4n) is 1.91. The molecule has 86 valence electrons. The third-order valence-corrected chi connectivity index (χ3v) is 2.77. The highest BCUT2D eigenvalue weighted by Gasteiger charge is 2.23. The molecule has 0 spiro atoms. The zero-order valence-corrected chi connectivity index (χ0v) is 8.97. The number of piperidine rings is 1. The summed E-state index contributed by atoms with van der Waals surface area (Å²) in [5, 5.41) is 9.51. The molecule has 1 saturated heterocycles. The molecule has 1 amide bonds. The van der Waals surface area contributed by atoms with Gasteiger partial charge in [0, 0.05) is 19.3 Å². The third-order valence-electron chi connectivity index (χ3n) is 2.77. The van der Waals surface area contributed by atoms with Crippen LogP contribution in [0.3, 0.4) is 0 Å². The van der Waals surface area contributed by atoms with Gasteiger partial charge in [-0.05, 0) is 18.9 Å². The van der Waals surface area contributed by atoms with Gasteiger partial charge in [-0.2, -0.15) is 0 Å². The van der Waals surface area contributed by atoms with Crippen LogP contribution in [0.1, 0.15) is 23.2 Å². The Hall–Kier alpha value is -1.62. The van der Waals surface area contributed by atoms with Crippen LogP contribution in [0, 0.1) is 0 Å². The number of carbonyl (C=O) groups is 1. The summed E-state index contributed by atoms with van der Waals surface area (Å²) < 4.78 is 0. The molecule has 0 bridgehead atoms. The molecule has 1 aromatic rings. The second-order valence-electron chi connectivity index (χ2n) is 4.01. The minimum absolute atomic E-state index is 0.126. The van der Waals surface area contributed by atoms with Crippen molar-refractivity contribution in [2.45, 2.75) is 18.9 Å². The topological polar surface area (TPSA) is 79.5 Å². The van der Waals surface area contributed by atoms with Crippen LogP contribution in [-0.2, 0) is 0 Å². The van der Waals surface area contributed by atoms with Crippen molar-refractivity contribution in [3.05, 3.63) is 24.0 Å². The summed E-state index contributed by atoms with van der Waals surface area (Å²) in [5.41, 5.74) is 6.53. The maximum Gasteiger partial charge on any atom is 0.256 e. The number of pyridine rings is 1. The molecule has 16 heavy (non-hydrogen) atoms. The number of carbonyl (C=O) groups excluding carboxylic acids is 1. The van der Waals surface area contributed by atoms with Gasteiger partial charge in [-0.25, -0.2) is 0 Å². The van der Waals surface area contributed by atoms with E-state index >= 15 is 0 Å². The molecule has 0 radical (unpaired) electrons. The molecule has 0 aliphatic carbocycles. The Morgan fingerprint density at radius 2 is 2.44 bits per heavy atom. The molecule has 0 aromatic carbocycles. The molecule has 3 N–H and O–H groups in total. The maximum absolute atomic E-state index is 12.1. The number of hydrogen-bond donors (Lipinski definition) is 2. The van der Waals surface area contributed by atoms with E-state index in [0.717, 1.165) is 12.8 Å². The number of nitrogen functional groups attached to an aromatic ring is 1. The van der Waals surface area contributed by atoms with Crippen molar-refractivity contribution in [2.24, 2.45) is 0 Å². The number of nitrogens with zero attached hydrogens (tertiary/aromatic N) is 2. The summed E-state index contributed by atoms with van der Waals surface area (Å²) in [6, 6.07) is 1.61. The maximum atomic E-state index is 12.1. The van der Waals surface area contributed by atoms with Crippen molar-refractivity contribution in [1.82, 2.24) is 9.88 Å². The van der Waals surface area contributed by atoms with E-state index in [0.29, 0.717) is 24.3 Å². The lowest BCUT2D eigenvalue weighted by Crippen LogP contribution is -2.42. The summed E-state index contributed by atoms with van der Waals surface area (Å²) in [6.07, 6.45) is 4.19. The highest BCUT2D eigenvalue weighted by Crippen LogP contribution is 2.16. The first-order valence-electron chi connectivity index (χ1n) is 5.35. The Morgan fingerprint density at radius 3 is 3.12 bits per heavy atom. The quantitative estimate of drug-likeness (QED) is 0.713. The van der Waals surface area contributed by atoms with Gasteiger partial charge in [-0.15, -0.1) is 0 Å². The van der Waals surface area contributed by atoms with E-state index in [9.17, 15) is 9.90 Å². The van der Waals surface area contributed by atoms with Gasteiger partial charge in [0.1, 0.15) is 0 Å². The molecule has 5 nitrogen and oxygen atoms in total. The van der Waals surface area contributed by atoms with Gasteiger partial charge in [0.05, 0.1) is 23.6 Å². The average Bonchev–Trinajstić information content (AvgIpc) is 2.29. The summed E-state index contributed by atoms with van der Waals surface area (Å²) in [4.78, 5) is 17.6. The molecule has 1 unspecified atom stereocenters. The smallest absolute Gasteiger partial charge is 0.256 e. The lowest BCUT2D eigenvalue weighted by Gasteiger charge is -2.30. The highest BCUT2D eigenvalue weighted by atomic mass is 16.3. The summed E-state index contributed by atoms with van der Waals surface area (Å²) in [5.74, 6) is -0.126. The predicted molar refractivity (Wildman–Crippen MR) is 59.8 cm³/mol. The minimum atomic E-state index is -0.416. The number of likely N-dealkylation sites (tertiary alicyclic amines) is 1. The zero-order chi connectivity index (χ0) is 11.5. The number of anilines is 1. The van der Waals surface area contributed by atoms with E-state index in [1.165, 1.54) is 6.20 Å². The van der Waals surface area contributed by atoms with E-state index < -0.39 is 6.10 Å². The second-order valence-corrected chi connectivity index (χ2v) is 4.01. The predicted octanol–water partition coefficient (Wildman–Crippen LogP) is 0.261. The van der Waals surface area contributed by atoms with Gasteiger partial charge in [-0.3, -0.25) is 9.78 Å². The van der Waals surface area contributed by atoms with E-state index in [1.807, 2.05) is 0 Å². The molecule has 1 aliphatic heterocycles. The molecule has 1 atom stereocenters. The Morgan fingerprint density at radius 1 is 1.62 bits per heavy atom. The first-order chi connectivity index (χ1) is 7.68. The van der Waals surface area contributed by atoms with Crippen LogP contribution in [0.25, 0.3) is 0 Å². The Labute approximate surface area is 93.9 Å². The zero-order valence-electron chi connectivity index (χ0n) is 8.97. The summed E-state index contributed by atoms with van der Waals surface area (Å²) >= 11 is 0. The number of hydrogen-bond acceptors (Lipinski definition) is 4. The van der Waals surface area contributed by atoms with Crippen LogP contribution in [0.5, 0.6) is 0 Å². The number of aliphatic hydroxyl groups excluding tert-OH is 1. The average molecular weight is 221 g/mol. The number of β-amino-alcohol motifs (C(OH)–C–C–N with tert-alkyl or cyclic N) is 1. The van der Waals surface area contributed by atoms with Crippen molar-refractivity contribution in [2.75, 3.05) is 18.8 Å². The number of rotatable bonds is 1. The van der Waals surface area contributed by atoms with Gasteiger partial charge in [0.15, 0.2) is 0 Å². The summed E-state index contributed by atoms with van der Waals surface area (Å²) in [7, 11) is 0. The Balaban J connectivity index is 2.16. The Kier molecular flexibility index (Phi) is 3.05. The molecule has 0 saturated carbocycles. The van der Waals surface area contributed by atoms with Gasteiger partial charge >= 0.3 is 0 Å². The van der Waals surface area contributed by atoms with Crippen LogP contribution in [0.15, 0.2) is 18.5 Å². The molecule has 1 fully saturated rings. The Bertz CT molecular complexity index is 395. The van der Waals surface area contributed by atoms with E-state index in [4.69, 9.17) is 5.73 Å². The molecule has 1 aromatic heterocycles. The number of aliphatic hydroxyl groups is 1. The van der Waals surface area contributed by atoms with Crippen LogP contribution in [0.2, 0.25) is 0 Å². The van der Waals surface area contributed by atoms with E-state index in [-0.39, 0.29) is 5.91 Å². The van der Waals surface area contributed by atoms with Gasteiger partial charge in [0.25, 0.3) is 5.91 Å². The SMILES string of the molecule is Nc1cnccc1C(=O)N1CCCC(O)C1. The van der Waals surface area contributed by atoms with Gasteiger partial charge < -0.3 is 15.7 Å². The fraction of sp³-hybridized carbons (Fsp3) is 0.455. The molecule has 2 heterocycles. The molecular formula is C11H15N3O2. The third kappa shape index (κ3) is 2.14. The first kappa shape index (κ1) is 10.9. The van der Waals surface area contributed by atoms with Crippen LogP contribution >= 0.6 is 0 Å². The van der Waals surface area contributed by atoms with Gasteiger partial charge in [-0.1, -0.05) is 0 Å². The van der Waals surface area contributed by atoms with E-state index in [2.05, 4.69) is 4.98 Å². The number of amides is 1. The van der Waals surface area contributed by atoms with Crippen molar-refractivity contribution >= 4 is 11.6 Å². The van der Waals surface area contributed by atoms with Crippen molar-refractivity contribution < 1.29 is 9.90 Å². The second kappa shape index (κ2) is 4.49. The van der Waals surface area contributed by atoms with Gasteiger partial charge in [0.2, 0.25) is 0 Å². The summed E-state index contributed by atoms with van der Waals surface area (Å²) in [6.45, 7) is 1.07. The molecular weight excluding hydrogens is 206 g/mol. The van der Waals surface area contributed by atoms with Crippen molar-refractivity contribution in [3.63, 3.8) is 0 Å². The standard InChI is InChI=1S/C11H15N3O2/c12-10-6-13-4-3-9(10)11(16)14-5-1-2-8(15)7-14/h3-4,6,8,15H,1-2,5,7,12H2. The lowest BCUT2D eigenvalue weighted by molar-refractivity contribution is 0.0474. The van der Waals surface area contributed by atoms with Crippen molar-refractivity contribution in [3.8, 4) is 0 Å². The van der Waals surface area contributed by atoms with Crippen molar-refractivity contribution in [1.29, 1.82) is 0 Å². The lowest BCUT2D eigenvalue weighted by atomic mass is 10.1.